The summed E-state index contributed by atoms with van der Waals surface area (Å²) in [5, 5.41) is 3.49. The molecule has 0 aliphatic carbocycles. The number of hydrogen-bond acceptors (Lipinski definition) is 3. The minimum atomic E-state index is -0.206. The van der Waals surface area contributed by atoms with Crippen molar-refractivity contribution in [2.75, 3.05) is 11.9 Å². The van der Waals surface area contributed by atoms with Crippen molar-refractivity contribution in [2.45, 2.75) is 27.4 Å². The molecule has 1 amide bonds. The van der Waals surface area contributed by atoms with E-state index in [1.807, 2.05) is 25.1 Å². The molecule has 3 aromatic carbocycles. The maximum atomic E-state index is 12.7. The normalized spacial score (nSPS) is 10.5. The van der Waals surface area contributed by atoms with Gasteiger partial charge in [0.2, 0.25) is 0 Å². The average Bonchev–Trinajstić information content (AvgIpc) is 2.71. The number of benzene rings is 3. The summed E-state index contributed by atoms with van der Waals surface area (Å²) >= 11 is 5.90. The Labute approximate surface area is 176 Å². The van der Waals surface area contributed by atoms with E-state index < -0.39 is 0 Å². The fourth-order valence-corrected chi connectivity index (χ4v) is 2.96. The second-order valence-corrected chi connectivity index (χ2v) is 7.19. The van der Waals surface area contributed by atoms with Crippen LogP contribution >= 0.6 is 11.6 Å². The van der Waals surface area contributed by atoms with E-state index in [4.69, 9.17) is 21.1 Å². The third-order valence-corrected chi connectivity index (χ3v) is 4.85. The molecule has 0 aliphatic heterocycles. The molecular formula is C24H24ClNO3. The Kier molecular flexibility index (Phi) is 6.78. The summed E-state index contributed by atoms with van der Waals surface area (Å²) in [6, 6.07) is 18.3. The summed E-state index contributed by atoms with van der Waals surface area (Å²) in [7, 11) is 0. The lowest BCUT2D eigenvalue weighted by Gasteiger charge is -2.14. The van der Waals surface area contributed by atoms with Crippen LogP contribution in [0.4, 0.5) is 5.69 Å². The first-order chi connectivity index (χ1) is 14.0. The summed E-state index contributed by atoms with van der Waals surface area (Å²) in [5.74, 6) is 1.29. The van der Waals surface area contributed by atoms with E-state index in [1.165, 1.54) is 11.1 Å². The fourth-order valence-electron chi connectivity index (χ4n) is 2.83. The van der Waals surface area contributed by atoms with Crippen LogP contribution < -0.4 is 14.8 Å². The van der Waals surface area contributed by atoms with Crippen molar-refractivity contribution in [3.05, 3.63) is 87.9 Å². The lowest BCUT2D eigenvalue weighted by molar-refractivity contribution is 0.102. The number of hydrogen-bond donors (Lipinski definition) is 1. The van der Waals surface area contributed by atoms with Crippen LogP contribution in [0.15, 0.2) is 60.7 Å². The second-order valence-electron chi connectivity index (χ2n) is 6.75. The summed E-state index contributed by atoms with van der Waals surface area (Å²) in [6.07, 6.45) is 0. The third kappa shape index (κ3) is 5.52. The van der Waals surface area contributed by atoms with Gasteiger partial charge in [-0.3, -0.25) is 4.79 Å². The molecule has 150 valence electrons. The van der Waals surface area contributed by atoms with Crippen LogP contribution in [0.3, 0.4) is 0 Å². The highest BCUT2D eigenvalue weighted by molar-refractivity contribution is 6.30. The Morgan fingerprint density at radius 3 is 2.38 bits per heavy atom. The van der Waals surface area contributed by atoms with Gasteiger partial charge in [0.05, 0.1) is 6.61 Å². The van der Waals surface area contributed by atoms with Crippen LogP contribution in [0.5, 0.6) is 11.5 Å². The van der Waals surface area contributed by atoms with E-state index in [0.717, 1.165) is 11.3 Å². The number of carbonyl (C=O) groups is 1. The molecule has 4 nitrogen and oxygen atoms in total. The molecule has 3 aromatic rings. The number of halogens is 1. The number of anilines is 1. The zero-order chi connectivity index (χ0) is 20.8. The van der Waals surface area contributed by atoms with E-state index >= 15 is 0 Å². The maximum absolute atomic E-state index is 12.7. The number of aryl methyl sites for hydroxylation is 2. The SMILES string of the molecule is CCOc1ccc(C(=O)Nc2ccc(Cl)cc2)cc1COc1ccc(C)c(C)c1. The second kappa shape index (κ2) is 9.48. The van der Waals surface area contributed by atoms with Crippen LogP contribution in [0, 0.1) is 13.8 Å². The lowest BCUT2D eigenvalue weighted by Crippen LogP contribution is -2.13. The molecule has 0 spiro atoms. The van der Waals surface area contributed by atoms with Crippen LogP contribution in [0.25, 0.3) is 0 Å². The Morgan fingerprint density at radius 1 is 0.931 bits per heavy atom. The van der Waals surface area contributed by atoms with Crippen molar-refractivity contribution in [2.24, 2.45) is 0 Å². The first-order valence-electron chi connectivity index (χ1n) is 9.49. The summed E-state index contributed by atoms with van der Waals surface area (Å²) in [4.78, 5) is 12.7. The Morgan fingerprint density at radius 2 is 1.69 bits per heavy atom. The van der Waals surface area contributed by atoms with Crippen LogP contribution in [-0.4, -0.2) is 12.5 Å². The zero-order valence-corrected chi connectivity index (χ0v) is 17.5. The number of nitrogens with one attached hydrogen (secondary N) is 1. The minimum absolute atomic E-state index is 0.206. The van der Waals surface area contributed by atoms with E-state index in [-0.39, 0.29) is 5.91 Å². The largest absolute Gasteiger partial charge is 0.493 e. The highest BCUT2D eigenvalue weighted by atomic mass is 35.5. The van der Waals surface area contributed by atoms with Crippen LogP contribution in [-0.2, 0) is 6.61 Å². The molecule has 0 aromatic heterocycles. The molecule has 0 atom stereocenters. The van der Waals surface area contributed by atoms with Gasteiger partial charge in [-0.05, 0) is 86.5 Å². The Bertz CT molecular complexity index is 1000. The number of amides is 1. The molecule has 0 saturated carbocycles. The Hall–Kier alpha value is -2.98. The van der Waals surface area contributed by atoms with Crippen molar-refractivity contribution in [1.29, 1.82) is 0 Å². The van der Waals surface area contributed by atoms with Gasteiger partial charge in [0.15, 0.2) is 0 Å². The van der Waals surface area contributed by atoms with Crippen molar-refractivity contribution < 1.29 is 14.3 Å². The predicted molar refractivity (Wildman–Crippen MR) is 117 cm³/mol. The van der Waals surface area contributed by atoms with Gasteiger partial charge in [-0.1, -0.05) is 17.7 Å². The summed E-state index contributed by atoms with van der Waals surface area (Å²) in [6.45, 7) is 6.88. The molecule has 0 aliphatic rings. The molecule has 0 bridgehead atoms. The van der Waals surface area contributed by atoms with Crippen LogP contribution in [0.1, 0.15) is 34.0 Å². The number of ether oxygens (including phenoxy) is 2. The van der Waals surface area contributed by atoms with Gasteiger partial charge in [0, 0.05) is 21.8 Å². The molecule has 3 rings (SSSR count). The van der Waals surface area contributed by atoms with Gasteiger partial charge in [0.25, 0.3) is 5.91 Å². The highest BCUT2D eigenvalue weighted by Gasteiger charge is 2.12. The van der Waals surface area contributed by atoms with E-state index in [1.54, 1.807) is 42.5 Å². The topological polar surface area (TPSA) is 47.6 Å². The van der Waals surface area contributed by atoms with Crippen molar-refractivity contribution >= 4 is 23.2 Å². The molecule has 0 heterocycles. The quantitative estimate of drug-likeness (QED) is 0.506. The van der Waals surface area contributed by atoms with E-state index in [0.29, 0.717) is 35.2 Å². The first kappa shape index (κ1) is 20.7. The smallest absolute Gasteiger partial charge is 0.255 e. The first-order valence-corrected chi connectivity index (χ1v) is 9.86. The van der Waals surface area contributed by atoms with Gasteiger partial charge in [0.1, 0.15) is 18.1 Å². The van der Waals surface area contributed by atoms with Crippen LogP contribution in [0.2, 0.25) is 5.02 Å². The van der Waals surface area contributed by atoms with Crippen molar-refractivity contribution in [3.63, 3.8) is 0 Å². The molecule has 0 unspecified atom stereocenters. The van der Waals surface area contributed by atoms with E-state index in [2.05, 4.69) is 19.2 Å². The maximum Gasteiger partial charge on any atom is 0.255 e. The fraction of sp³-hybridized carbons (Fsp3) is 0.208. The average molecular weight is 410 g/mol. The van der Waals surface area contributed by atoms with Gasteiger partial charge >= 0.3 is 0 Å². The van der Waals surface area contributed by atoms with Crippen molar-refractivity contribution in [1.82, 2.24) is 0 Å². The minimum Gasteiger partial charge on any atom is -0.493 e. The molecular weight excluding hydrogens is 386 g/mol. The standard InChI is InChI=1S/C24H24ClNO3/c1-4-28-23-12-6-18(24(27)26-21-9-7-20(25)8-10-21)14-19(23)15-29-22-11-5-16(2)17(3)13-22/h5-14H,4,15H2,1-3H3,(H,26,27). The zero-order valence-electron chi connectivity index (χ0n) is 16.8. The molecule has 1 N–H and O–H groups in total. The van der Waals surface area contributed by atoms with Gasteiger partial charge in [-0.15, -0.1) is 0 Å². The van der Waals surface area contributed by atoms with E-state index in [9.17, 15) is 4.79 Å². The summed E-state index contributed by atoms with van der Waals surface area (Å²) in [5.41, 5.74) is 4.41. The number of rotatable bonds is 7. The summed E-state index contributed by atoms with van der Waals surface area (Å²) < 4.78 is 11.7. The lowest BCUT2D eigenvalue weighted by atomic mass is 10.1. The predicted octanol–water partition coefficient (Wildman–Crippen LogP) is 6.19. The van der Waals surface area contributed by atoms with Gasteiger partial charge < -0.3 is 14.8 Å². The molecule has 0 fully saturated rings. The molecule has 29 heavy (non-hydrogen) atoms. The van der Waals surface area contributed by atoms with Crippen molar-refractivity contribution in [3.8, 4) is 11.5 Å². The highest BCUT2D eigenvalue weighted by Crippen LogP contribution is 2.24. The van der Waals surface area contributed by atoms with Gasteiger partial charge in [-0.2, -0.15) is 0 Å². The Balaban J connectivity index is 1.78. The number of carbonyl (C=O) groups excluding carboxylic acids is 1. The third-order valence-electron chi connectivity index (χ3n) is 4.60. The molecule has 0 saturated heterocycles. The monoisotopic (exact) mass is 409 g/mol. The molecule has 5 heteroatoms. The molecule has 0 radical (unpaired) electrons. The van der Waals surface area contributed by atoms with Gasteiger partial charge in [-0.25, -0.2) is 0 Å².